The van der Waals surface area contributed by atoms with Gasteiger partial charge in [0.1, 0.15) is 11.9 Å². The molecule has 0 fully saturated rings. The Balaban J connectivity index is 2.19. The average molecular weight is 478 g/mol. The summed E-state index contributed by atoms with van der Waals surface area (Å²) in [5.74, 6) is -1.19. The van der Waals surface area contributed by atoms with Crippen molar-refractivity contribution in [2.45, 2.75) is 46.2 Å². The minimum absolute atomic E-state index is 0.00662. The normalized spacial score (nSPS) is 12.2. The number of likely N-dealkylation sites (N-methyl/N-ethyl adjacent to an activating group) is 1. The topological polar surface area (TPSA) is 86.8 Å². The van der Waals surface area contributed by atoms with Gasteiger partial charge in [-0.15, -0.1) is 0 Å². The molecule has 0 saturated carbocycles. The maximum Gasteiger partial charge on any atom is 0.242 e. The number of hydrogen-bond acceptors (Lipinski definition) is 4. The van der Waals surface area contributed by atoms with Crippen LogP contribution in [0.1, 0.15) is 36.5 Å². The molecule has 2 aromatic carbocycles. The molecule has 0 radical (unpaired) electrons. The second kappa shape index (κ2) is 11.3. The first kappa shape index (κ1) is 26.3. The van der Waals surface area contributed by atoms with Crippen LogP contribution in [-0.4, -0.2) is 51.0 Å². The fourth-order valence-corrected chi connectivity index (χ4v) is 4.61. The lowest BCUT2D eigenvalue weighted by molar-refractivity contribution is -0.140. The number of nitrogens with one attached hydrogen (secondary N) is 1. The van der Waals surface area contributed by atoms with Gasteiger partial charge in [-0.25, -0.2) is 12.8 Å². The molecule has 7 nitrogen and oxygen atoms in total. The molecule has 0 bridgehead atoms. The van der Waals surface area contributed by atoms with Crippen molar-refractivity contribution in [2.24, 2.45) is 0 Å². The lowest BCUT2D eigenvalue weighted by atomic mass is 10.1. The number of hydrogen-bond donors (Lipinski definition) is 1. The van der Waals surface area contributed by atoms with Crippen molar-refractivity contribution in [3.05, 3.63) is 65.0 Å². The number of rotatable bonds is 10. The smallest absolute Gasteiger partial charge is 0.242 e. The summed E-state index contributed by atoms with van der Waals surface area (Å²) < 4.78 is 40.4. The number of amides is 2. The van der Waals surface area contributed by atoms with Gasteiger partial charge >= 0.3 is 0 Å². The molecule has 1 atom stereocenters. The van der Waals surface area contributed by atoms with Crippen molar-refractivity contribution in [1.29, 1.82) is 0 Å². The molecular formula is C24H32FN3O4S. The summed E-state index contributed by atoms with van der Waals surface area (Å²) in [6.07, 6.45) is 1.38. The maximum atomic E-state index is 14.2. The summed E-state index contributed by atoms with van der Waals surface area (Å²) >= 11 is 0. The Hall–Kier alpha value is -2.94. The average Bonchev–Trinajstić information content (AvgIpc) is 2.76. The van der Waals surface area contributed by atoms with E-state index in [-0.39, 0.29) is 37.7 Å². The number of carbonyl (C=O) groups excluding carboxylic acids is 2. The Morgan fingerprint density at radius 1 is 1.09 bits per heavy atom. The number of halogens is 1. The van der Waals surface area contributed by atoms with Crippen LogP contribution in [0.15, 0.2) is 42.5 Å². The molecule has 1 unspecified atom stereocenters. The van der Waals surface area contributed by atoms with Gasteiger partial charge in [-0.1, -0.05) is 30.3 Å². The molecule has 0 aliphatic rings. The van der Waals surface area contributed by atoms with E-state index in [1.54, 1.807) is 37.3 Å². The SMILES string of the molecule is CNC(=O)C(C)N(Cc1ccccc1F)C(=O)CCCN(c1cccc(C)c1C)S(C)(=O)=O. The molecule has 2 rings (SSSR count). The van der Waals surface area contributed by atoms with Crippen LogP contribution in [0, 0.1) is 19.7 Å². The molecule has 0 aliphatic heterocycles. The zero-order valence-electron chi connectivity index (χ0n) is 19.8. The van der Waals surface area contributed by atoms with Gasteiger partial charge in [0.05, 0.1) is 11.9 Å². The molecular weight excluding hydrogens is 445 g/mol. The van der Waals surface area contributed by atoms with Crippen LogP contribution >= 0.6 is 0 Å². The van der Waals surface area contributed by atoms with Gasteiger partial charge < -0.3 is 10.2 Å². The lowest BCUT2D eigenvalue weighted by Gasteiger charge is -2.29. The summed E-state index contributed by atoms with van der Waals surface area (Å²) in [5, 5.41) is 2.51. The zero-order chi connectivity index (χ0) is 24.8. The van der Waals surface area contributed by atoms with Crippen molar-refractivity contribution in [3.63, 3.8) is 0 Å². The van der Waals surface area contributed by atoms with Gasteiger partial charge in [-0.05, 0) is 50.5 Å². The van der Waals surface area contributed by atoms with Crippen LogP contribution in [-0.2, 0) is 26.2 Å². The fourth-order valence-electron chi connectivity index (χ4n) is 3.59. The standard InChI is InChI=1S/C24H32FN3O4S/c1-17-10-8-13-22(18(17)2)28(33(5,31)32)15-9-14-23(29)27(19(3)24(30)26-4)16-20-11-6-7-12-21(20)25/h6-8,10-13,19H,9,14-16H2,1-5H3,(H,26,30). The van der Waals surface area contributed by atoms with E-state index in [2.05, 4.69) is 5.32 Å². The van der Waals surface area contributed by atoms with Gasteiger partial charge in [0, 0.05) is 32.1 Å². The minimum Gasteiger partial charge on any atom is -0.357 e. The number of aryl methyl sites for hydroxylation is 1. The molecule has 2 amide bonds. The lowest BCUT2D eigenvalue weighted by Crippen LogP contribution is -2.47. The van der Waals surface area contributed by atoms with E-state index in [1.807, 2.05) is 19.9 Å². The van der Waals surface area contributed by atoms with Crippen molar-refractivity contribution < 1.29 is 22.4 Å². The molecule has 0 aliphatic carbocycles. The molecule has 0 aromatic heterocycles. The predicted molar refractivity (Wildman–Crippen MR) is 128 cm³/mol. The van der Waals surface area contributed by atoms with Gasteiger partial charge in [0.2, 0.25) is 21.8 Å². The van der Waals surface area contributed by atoms with Crippen LogP contribution in [0.4, 0.5) is 10.1 Å². The van der Waals surface area contributed by atoms with E-state index in [4.69, 9.17) is 0 Å². The molecule has 0 saturated heterocycles. The minimum atomic E-state index is -3.57. The van der Waals surface area contributed by atoms with Crippen molar-refractivity contribution >= 4 is 27.5 Å². The molecule has 33 heavy (non-hydrogen) atoms. The summed E-state index contributed by atoms with van der Waals surface area (Å²) in [5.41, 5.74) is 2.69. The number of carbonyl (C=O) groups is 2. The van der Waals surface area contributed by atoms with E-state index in [9.17, 15) is 22.4 Å². The van der Waals surface area contributed by atoms with E-state index in [0.29, 0.717) is 11.3 Å². The fraction of sp³-hybridized carbons (Fsp3) is 0.417. The predicted octanol–water partition coefficient (Wildman–Crippen LogP) is 3.15. The highest BCUT2D eigenvalue weighted by molar-refractivity contribution is 7.92. The molecule has 0 heterocycles. The Morgan fingerprint density at radius 2 is 1.76 bits per heavy atom. The van der Waals surface area contributed by atoms with Crippen molar-refractivity contribution in [1.82, 2.24) is 10.2 Å². The van der Waals surface area contributed by atoms with E-state index >= 15 is 0 Å². The summed E-state index contributed by atoms with van der Waals surface area (Å²) in [4.78, 5) is 26.6. The van der Waals surface area contributed by atoms with Crippen LogP contribution in [0.2, 0.25) is 0 Å². The van der Waals surface area contributed by atoms with E-state index in [0.717, 1.165) is 17.4 Å². The third-order valence-electron chi connectivity index (χ3n) is 5.71. The Kier molecular flexibility index (Phi) is 8.99. The van der Waals surface area contributed by atoms with Crippen molar-refractivity contribution in [3.8, 4) is 0 Å². The number of sulfonamides is 1. The van der Waals surface area contributed by atoms with E-state index < -0.39 is 21.9 Å². The first-order chi connectivity index (χ1) is 15.5. The van der Waals surface area contributed by atoms with Crippen molar-refractivity contribution in [2.75, 3.05) is 24.2 Å². The maximum absolute atomic E-state index is 14.2. The quantitative estimate of drug-likeness (QED) is 0.570. The Bertz CT molecular complexity index is 1100. The Morgan fingerprint density at radius 3 is 2.36 bits per heavy atom. The molecule has 180 valence electrons. The van der Waals surface area contributed by atoms with Crippen LogP contribution in [0.3, 0.4) is 0 Å². The summed E-state index contributed by atoms with van der Waals surface area (Å²) in [6.45, 7) is 5.39. The summed E-state index contributed by atoms with van der Waals surface area (Å²) in [6, 6.07) is 10.7. The van der Waals surface area contributed by atoms with Crippen LogP contribution < -0.4 is 9.62 Å². The van der Waals surface area contributed by atoms with Gasteiger partial charge in [0.15, 0.2) is 0 Å². The molecule has 9 heteroatoms. The first-order valence-corrected chi connectivity index (χ1v) is 12.6. The van der Waals surface area contributed by atoms with Gasteiger partial charge in [-0.3, -0.25) is 13.9 Å². The van der Waals surface area contributed by atoms with Gasteiger partial charge in [0.25, 0.3) is 0 Å². The number of nitrogens with zero attached hydrogens (tertiary/aromatic N) is 2. The monoisotopic (exact) mass is 477 g/mol. The highest BCUT2D eigenvalue weighted by Crippen LogP contribution is 2.25. The second-order valence-corrected chi connectivity index (χ2v) is 9.97. The Labute approximate surface area is 195 Å². The van der Waals surface area contributed by atoms with E-state index in [1.165, 1.54) is 22.3 Å². The number of anilines is 1. The second-order valence-electron chi connectivity index (χ2n) is 8.06. The van der Waals surface area contributed by atoms with Crippen LogP contribution in [0.25, 0.3) is 0 Å². The van der Waals surface area contributed by atoms with Gasteiger partial charge in [-0.2, -0.15) is 0 Å². The molecule has 0 spiro atoms. The molecule has 2 aromatic rings. The number of benzene rings is 2. The largest absolute Gasteiger partial charge is 0.357 e. The highest BCUT2D eigenvalue weighted by atomic mass is 32.2. The summed E-state index contributed by atoms with van der Waals surface area (Å²) in [7, 11) is -2.10. The van der Waals surface area contributed by atoms with Crippen LogP contribution in [0.5, 0.6) is 0 Å². The highest BCUT2D eigenvalue weighted by Gasteiger charge is 2.27. The first-order valence-electron chi connectivity index (χ1n) is 10.8. The third-order valence-corrected chi connectivity index (χ3v) is 6.89. The molecule has 1 N–H and O–H groups in total. The zero-order valence-corrected chi connectivity index (χ0v) is 20.6. The third kappa shape index (κ3) is 6.77.